The minimum Gasteiger partial charge on any atom is -0.480 e. The van der Waals surface area contributed by atoms with Gasteiger partial charge in [0.25, 0.3) is 0 Å². The van der Waals surface area contributed by atoms with Crippen LogP contribution in [0.2, 0.25) is 0 Å². The van der Waals surface area contributed by atoms with Gasteiger partial charge in [-0.25, -0.2) is 0 Å². The molecule has 0 aromatic heterocycles. The Morgan fingerprint density at radius 2 is 1.75 bits per heavy atom. The standard InChI is InChI=1S/C3H8NO5P.2Na/c5-3(6)1-4-2-10(7,8)9;;/h4H,1-2H2,(H,5,6)(H2,7,8,9);;. The second-order valence-electron chi connectivity index (χ2n) is 1.64. The summed E-state index contributed by atoms with van der Waals surface area (Å²) in [6.45, 7) is -0.439. The van der Waals surface area contributed by atoms with E-state index in [2.05, 4.69) is 5.32 Å². The zero-order chi connectivity index (χ0) is 8.20. The second-order valence-corrected chi connectivity index (χ2v) is 3.29. The van der Waals surface area contributed by atoms with E-state index in [1.54, 1.807) is 0 Å². The van der Waals surface area contributed by atoms with E-state index in [0.29, 0.717) is 0 Å². The Morgan fingerprint density at radius 3 is 2.00 bits per heavy atom. The summed E-state index contributed by atoms with van der Waals surface area (Å²) < 4.78 is 10.1. The molecule has 0 saturated carbocycles. The molecule has 62 valence electrons. The first kappa shape index (κ1) is 19.2. The number of carbonyl (C=O) groups is 1. The van der Waals surface area contributed by atoms with E-state index in [-0.39, 0.29) is 59.1 Å². The van der Waals surface area contributed by atoms with Crippen LogP contribution in [0.5, 0.6) is 0 Å². The molecule has 0 aliphatic heterocycles. The number of nitrogens with one attached hydrogen (secondary N) is 1. The maximum absolute atomic E-state index is 10.1. The summed E-state index contributed by atoms with van der Waals surface area (Å²) in [4.78, 5) is 26.1. The molecule has 0 saturated heterocycles. The maximum atomic E-state index is 10.1. The van der Waals surface area contributed by atoms with E-state index in [4.69, 9.17) is 14.9 Å². The van der Waals surface area contributed by atoms with E-state index < -0.39 is 26.4 Å². The number of hydrogen-bond donors (Lipinski definition) is 4. The Morgan fingerprint density at radius 1 is 1.33 bits per heavy atom. The first-order valence-electron chi connectivity index (χ1n) is 2.39. The predicted octanol–water partition coefficient (Wildman–Crippen LogP) is -1.97. The Hall–Kier alpha value is 1.58. The van der Waals surface area contributed by atoms with Gasteiger partial charge in [0.2, 0.25) is 0 Å². The van der Waals surface area contributed by atoms with Crippen molar-refractivity contribution in [2.24, 2.45) is 0 Å². The van der Waals surface area contributed by atoms with Crippen molar-refractivity contribution in [2.45, 2.75) is 0 Å². The summed E-state index contributed by atoms with van der Waals surface area (Å²) in [5.41, 5.74) is 0. The van der Waals surface area contributed by atoms with Crippen LogP contribution in [-0.2, 0) is 9.36 Å². The Kier molecular flexibility index (Phi) is 14.6. The molecule has 0 bridgehead atoms. The van der Waals surface area contributed by atoms with Gasteiger partial charge < -0.3 is 14.9 Å². The molecule has 2 radical (unpaired) electrons. The summed E-state index contributed by atoms with van der Waals surface area (Å²) in [6, 6.07) is 0. The fourth-order valence-corrected chi connectivity index (χ4v) is 0.712. The molecular weight excluding hydrogens is 207 g/mol. The Balaban J connectivity index is -0.000000405. The third-order valence-corrected chi connectivity index (χ3v) is 1.23. The van der Waals surface area contributed by atoms with Crippen molar-refractivity contribution in [1.29, 1.82) is 0 Å². The Labute approximate surface area is 114 Å². The molecular formula is C3H8NNa2O5P. The van der Waals surface area contributed by atoms with Crippen LogP contribution in [0.25, 0.3) is 0 Å². The predicted molar refractivity (Wildman–Crippen MR) is 44.1 cm³/mol. The number of hydrogen-bond acceptors (Lipinski definition) is 3. The van der Waals surface area contributed by atoms with Gasteiger partial charge in [-0.1, -0.05) is 0 Å². The summed E-state index contributed by atoms with van der Waals surface area (Å²) >= 11 is 0. The van der Waals surface area contributed by atoms with Crippen molar-refractivity contribution in [1.82, 2.24) is 5.32 Å². The van der Waals surface area contributed by atoms with Crippen LogP contribution < -0.4 is 5.32 Å². The van der Waals surface area contributed by atoms with E-state index in [9.17, 15) is 9.36 Å². The fourth-order valence-electron chi connectivity index (χ4n) is 0.308. The second kappa shape index (κ2) is 9.15. The van der Waals surface area contributed by atoms with Crippen molar-refractivity contribution in [2.75, 3.05) is 12.8 Å². The third-order valence-electron chi connectivity index (χ3n) is 0.594. The van der Waals surface area contributed by atoms with E-state index in [1.807, 2.05) is 0 Å². The van der Waals surface area contributed by atoms with Crippen LogP contribution in [0, 0.1) is 0 Å². The van der Waals surface area contributed by atoms with Gasteiger partial charge in [0.1, 0.15) is 0 Å². The largest absolute Gasteiger partial charge is 0.480 e. The molecule has 9 heteroatoms. The molecule has 0 fully saturated rings. The molecule has 0 aromatic rings. The number of carboxylic acid groups (broad SMARTS) is 1. The molecule has 0 spiro atoms. The topological polar surface area (TPSA) is 107 Å². The minimum atomic E-state index is -4.10. The SMILES string of the molecule is O=C(O)CNCP(=O)(O)O.[Na].[Na]. The normalized spacial score (nSPS) is 9.50. The quantitative estimate of drug-likeness (QED) is 0.320. The van der Waals surface area contributed by atoms with Crippen molar-refractivity contribution in [3.05, 3.63) is 0 Å². The third kappa shape index (κ3) is 17.6. The van der Waals surface area contributed by atoms with Crippen LogP contribution in [0.3, 0.4) is 0 Å². The molecule has 0 heterocycles. The minimum absolute atomic E-state index is 0. The van der Waals surface area contributed by atoms with E-state index in [0.717, 1.165) is 0 Å². The molecule has 0 aromatic carbocycles. The molecule has 4 N–H and O–H groups in total. The van der Waals surface area contributed by atoms with Gasteiger partial charge in [-0.2, -0.15) is 0 Å². The first-order valence-corrected chi connectivity index (χ1v) is 4.18. The molecule has 0 unspecified atom stereocenters. The molecule has 0 rings (SSSR count). The average molecular weight is 215 g/mol. The molecule has 0 aliphatic rings. The van der Waals surface area contributed by atoms with Gasteiger partial charge in [0, 0.05) is 59.1 Å². The zero-order valence-electron chi connectivity index (χ0n) is 7.02. The van der Waals surface area contributed by atoms with E-state index >= 15 is 0 Å². The smallest absolute Gasteiger partial charge is 0.339 e. The summed E-state index contributed by atoms with van der Waals surface area (Å²) in [5, 5.41) is 10.1. The zero-order valence-corrected chi connectivity index (χ0v) is 11.9. The van der Waals surface area contributed by atoms with Crippen LogP contribution in [0.4, 0.5) is 0 Å². The van der Waals surface area contributed by atoms with Crippen molar-refractivity contribution in [3.63, 3.8) is 0 Å². The van der Waals surface area contributed by atoms with Crippen LogP contribution in [0.1, 0.15) is 0 Å². The summed E-state index contributed by atoms with van der Waals surface area (Å²) in [7, 11) is -4.10. The average Bonchev–Trinajstić information content (AvgIpc) is 1.59. The Bertz CT molecular complexity index is 170. The van der Waals surface area contributed by atoms with E-state index in [1.165, 1.54) is 0 Å². The van der Waals surface area contributed by atoms with Crippen LogP contribution in [-0.4, -0.2) is 92.8 Å². The van der Waals surface area contributed by atoms with Gasteiger partial charge in [-0.05, 0) is 0 Å². The van der Waals surface area contributed by atoms with Crippen LogP contribution >= 0.6 is 7.60 Å². The summed E-state index contributed by atoms with van der Waals surface area (Å²) in [5.74, 6) is -1.14. The number of rotatable bonds is 4. The first-order chi connectivity index (χ1) is 4.42. The monoisotopic (exact) mass is 215 g/mol. The number of aliphatic carboxylic acids is 1. The van der Waals surface area contributed by atoms with Crippen molar-refractivity contribution < 1.29 is 24.3 Å². The van der Waals surface area contributed by atoms with Gasteiger partial charge >= 0.3 is 13.6 Å². The molecule has 0 atom stereocenters. The van der Waals surface area contributed by atoms with Gasteiger partial charge in [0.05, 0.1) is 12.8 Å². The van der Waals surface area contributed by atoms with Gasteiger partial charge in [-0.3, -0.25) is 14.7 Å². The van der Waals surface area contributed by atoms with Crippen LogP contribution in [0.15, 0.2) is 0 Å². The molecule has 6 nitrogen and oxygen atoms in total. The maximum Gasteiger partial charge on any atom is 0.339 e. The molecule has 0 aliphatic carbocycles. The molecule has 12 heavy (non-hydrogen) atoms. The number of carboxylic acids is 1. The van der Waals surface area contributed by atoms with Gasteiger partial charge in [0.15, 0.2) is 0 Å². The molecule has 0 amide bonds. The summed E-state index contributed by atoms with van der Waals surface area (Å²) in [6.07, 6.45) is -0.598. The van der Waals surface area contributed by atoms with Crippen molar-refractivity contribution in [3.8, 4) is 0 Å². The van der Waals surface area contributed by atoms with Gasteiger partial charge in [-0.15, -0.1) is 0 Å². The van der Waals surface area contributed by atoms with Crippen molar-refractivity contribution >= 4 is 72.7 Å². The fraction of sp³-hybridized carbons (Fsp3) is 0.667.